The molecule has 1 aromatic heterocycles. The van der Waals surface area contributed by atoms with E-state index in [9.17, 15) is 15.4 Å². The molecule has 0 unspecified atom stereocenters. The van der Waals surface area contributed by atoms with Crippen LogP contribution in [-0.2, 0) is 0 Å². The number of non-ortho nitro benzene ring substituents is 1. The van der Waals surface area contributed by atoms with E-state index in [1.165, 1.54) is 29.0 Å². The molecule has 0 saturated carbocycles. The molecule has 0 atom stereocenters. The SMILES string of the molecule is CC(C)c1ccc(NC=C(C#N)c2nc(-c3ccc([N+](=O)[O-])cc3)cs2)cc1. The third-order valence-electron chi connectivity index (χ3n) is 4.19. The van der Waals surface area contributed by atoms with Gasteiger partial charge in [0.05, 0.1) is 10.6 Å². The average molecular weight is 390 g/mol. The first-order chi connectivity index (χ1) is 13.5. The lowest BCUT2D eigenvalue weighted by atomic mass is 10.0. The van der Waals surface area contributed by atoms with E-state index >= 15 is 0 Å². The van der Waals surface area contributed by atoms with Gasteiger partial charge in [0.25, 0.3) is 5.69 Å². The van der Waals surface area contributed by atoms with Crippen molar-refractivity contribution >= 4 is 28.3 Å². The number of thiazole rings is 1. The molecule has 7 heteroatoms. The highest BCUT2D eigenvalue weighted by atomic mass is 32.1. The Morgan fingerprint density at radius 3 is 2.46 bits per heavy atom. The Morgan fingerprint density at radius 1 is 1.21 bits per heavy atom. The fraction of sp³-hybridized carbons (Fsp3) is 0.143. The first kappa shape index (κ1) is 19.3. The van der Waals surface area contributed by atoms with Gasteiger partial charge in [-0.15, -0.1) is 11.3 Å². The van der Waals surface area contributed by atoms with Crippen LogP contribution in [0.3, 0.4) is 0 Å². The second-order valence-corrected chi connectivity index (χ2v) is 7.29. The van der Waals surface area contributed by atoms with Crippen LogP contribution in [0.15, 0.2) is 60.1 Å². The van der Waals surface area contributed by atoms with Crippen molar-refractivity contribution in [2.24, 2.45) is 0 Å². The van der Waals surface area contributed by atoms with Crippen molar-refractivity contribution in [1.82, 2.24) is 4.98 Å². The zero-order valence-electron chi connectivity index (χ0n) is 15.4. The Hall–Kier alpha value is -3.50. The number of nitro groups is 1. The summed E-state index contributed by atoms with van der Waals surface area (Å²) in [6.45, 7) is 4.28. The normalized spacial score (nSPS) is 11.3. The molecule has 3 rings (SSSR count). The van der Waals surface area contributed by atoms with Gasteiger partial charge in [-0.1, -0.05) is 26.0 Å². The predicted octanol–water partition coefficient (Wildman–Crippen LogP) is 5.82. The van der Waals surface area contributed by atoms with E-state index in [0.717, 1.165) is 11.3 Å². The number of hydrogen-bond acceptors (Lipinski definition) is 6. The summed E-state index contributed by atoms with van der Waals surface area (Å²) in [5.41, 5.74) is 4.04. The van der Waals surface area contributed by atoms with Gasteiger partial charge in [0.1, 0.15) is 16.6 Å². The van der Waals surface area contributed by atoms with Crippen LogP contribution in [0.2, 0.25) is 0 Å². The van der Waals surface area contributed by atoms with Crippen LogP contribution in [0.1, 0.15) is 30.3 Å². The highest BCUT2D eigenvalue weighted by Crippen LogP contribution is 2.27. The Kier molecular flexibility index (Phi) is 5.82. The smallest absolute Gasteiger partial charge is 0.269 e. The summed E-state index contributed by atoms with van der Waals surface area (Å²) < 4.78 is 0. The van der Waals surface area contributed by atoms with Crippen LogP contribution in [0.4, 0.5) is 11.4 Å². The van der Waals surface area contributed by atoms with Crippen molar-refractivity contribution in [2.75, 3.05) is 5.32 Å². The van der Waals surface area contributed by atoms with Crippen LogP contribution in [0.25, 0.3) is 16.8 Å². The molecule has 0 aliphatic rings. The summed E-state index contributed by atoms with van der Waals surface area (Å²) >= 11 is 1.35. The molecule has 140 valence electrons. The van der Waals surface area contributed by atoms with Gasteiger partial charge in [0, 0.05) is 35.0 Å². The van der Waals surface area contributed by atoms with E-state index in [-0.39, 0.29) is 5.69 Å². The largest absolute Gasteiger partial charge is 0.360 e. The number of nitrogens with one attached hydrogen (secondary N) is 1. The van der Waals surface area contributed by atoms with Crippen molar-refractivity contribution in [1.29, 1.82) is 5.26 Å². The third-order valence-corrected chi connectivity index (χ3v) is 5.07. The second kappa shape index (κ2) is 8.46. The summed E-state index contributed by atoms with van der Waals surface area (Å²) in [5, 5.41) is 25.8. The number of hydrogen-bond donors (Lipinski definition) is 1. The first-order valence-corrected chi connectivity index (χ1v) is 9.53. The molecule has 0 amide bonds. The topological polar surface area (TPSA) is 91.8 Å². The summed E-state index contributed by atoms with van der Waals surface area (Å²) in [7, 11) is 0. The molecular formula is C21H18N4O2S. The molecule has 0 spiro atoms. The highest BCUT2D eigenvalue weighted by molar-refractivity contribution is 7.11. The number of nitriles is 1. The van der Waals surface area contributed by atoms with Crippen LogP contribution in [-0.4, -0.2) is 9.91 Å². The molecule has 0 aliphatic heterocycles. The van der Waals surface area contributed by atoms with Gasteiger partial charge in [-0.2, -0.15) is 5.26 Å². The van der Waals surface area contributed by atoms with Crippen molar-refractivity contribution in [2.45, 2.75) is 19.8 Å². The van der Waals surface area contributed by atoms with Gasteiger partial charge in [-0.05, 0) is 35.7 Å². The number of aromatic nitrogens is 1. The van der Waals surface area contributed by atoms with E-state index in [2.05, 4.69) is 42.4 Å². The van der Waals surface area contributed by atoms with Gasteiger partial charge in [-0.25, -0.2) is 4.98 Å². The van der Waals surface area contributed by atoms with E-state index in [1.807, 2.05) is 17.5 Å². The van der Waals surface area contributed by atoms with E-state index in [1.54, 1.807) is 18.3 Å². The lowest BCUT2D eigenvalue weighted by molar-refractivity contribution is -0.384. The monoisotopic (exact) mass is 390 g/mol. The van der Waals surface area contributed by atoms with Gasteiger partial charge < -0.3 is 5.32 Å². The fourth-order valence-corrected chi connectivity index (χ4v) is 3.34. The van der Waals surface area contributed by atoms with Crippen molar-refractivity contribution in [3.05, 3.63) is 80.8 Å². The van der Waals surface area contributed by atoms with Gasteiger partial charge in [0.15, 0.2) is 0 Å². The second-order valence-electron chi connectivity index (χ2n) is 6.43. The number of nitrogens with zero attached hydrogens (tertiary/aromatic N) is 3. The van der Waals surface area contributed by atoms with Crippen LogP contribution in [0, 0.1) is 21.4 Å². The Balaban J connectivity index is 1.77. The molecule has 1 N–H and O–H groups in total. The quantitative estimate of drug-likeness (QED) is 0.325. The zero-order valence-corrected chi connectivity index (χ0v) is 16.2. The molecule has 6 nitrogen and oxygen atoms in total. The van der Waals surface area contributed by atoms with Crippen LogP contribution < -0.4 is 5.32 Å². The van der Waals surface area contributed by atoms with Crippen LogP contribution in [0.5, 0.6) is 0 Å². The minimum Gasteiger partial charge on any atom is -0.360 e. The number of nitro benzene ring substituents is 1. The lowest BCUT2D eigenvalue weighted by Gasteiger charge is -2.06. The van der Waals surface area contributed by atoms with Crippen LogP contribution >= 0.6 is 11.3 Å². The molecule has 0 radical (unpaired) electrons. The maximum atomic E-state index is 10.8. The van der Waals surface area contributed by atoms with E-state index < -0.39 is 4.92 Å². The molecular weight excluding hydrogens is 372 g/mol. The summed E-state index contributed by atoms with van der Waals surface area (Å²) in [4.78, 5) is 14.8. The molecule has 1 heterocycles. The lowest BCUT2D eigenvalue weighted by Crippen LogP contribution is -1.92. The van der Waals surface area contributed by atoms with E-state index in [0.29, 0.717) is 22.2 Å². The zero-order chi connectivity index (χ0) is 20.1. The summed E-state index contributed by atoms with van der Waals surface area (Å²) in [5.74, 6) is 0.465. The minimum absolute atomic E-state index is 0.0319. The summed E-state index contributed by atoms with van der Waals surface area (Å²) in [6, 6.07) is 16.4. The number of allylic oxidation sites excluding steroid dienone is 1. The number of rotatable bonds is 6. The van der Waals surface area contributed by atoms with Crippen molar-refractivity contribution in [3.8, 4) is 17.3 Å². The Morgan fingerprint density at radius 2 is 1.89 bits per heavy atom. The molecule has 28 heavy (non-hydrogen) atoms. The Bertz CT molecular complexity index is 1050. The van der Waals surface area contributed by atoms with Crippen molar-refractivity contribution < 1.29 is 4.92 Å². The number of benzene rings is 2. The highest BCUT2D eigenvalue weighted by Gasteiger charge is 2.11. The molecule has 0 aliphatic carbocycles. The minimum atomic E-state index is -0.438. The third kappa shape index (κ3) is 4.42. The van der Waals surface area contributed by atoms with E-state index in [4.69, 9.17) is 0 Å². The van der Waals surface area contributed by atoms with Gasteiger partial charge in [-0.3, -0.25) is 10.1 Å². The predicted molar refractivity (Wildman–Crippen MR) is 112 cm³/mol. The molecule has 0 saturated heterocycles. The first-order valence-electron chi connectivity index (χ1n) is 8.65. The molecule has 3 aromatic rings. The van der Waals surface area contributed by atoms with Crippen molar-refractivity contribution in [3.63, 3.8) is 0 Å². The maximum absolute atomic E-state index is 10.8. The average Bonchev–Trinajstić information content (AvgIpc) is 3.19. The summed E-state index contributed by atoms with van der Waals surface area (Å²) in [6.07, 6.45) is 1.64. The molecule has 0 bridgehead atoms. The fourth-order valence-electron chi connectivity index (χ4n) is 2.55. The standard InChI is InChI=1S/C21H18N4O2S/c1-14(2)15-3-7-18(8-4-15)23-12-17(11-22)21-24-20(13-28-21)16-5-9-19(10-6-16)25(26)27/h3-10,12-14,23H,1-2H3. The van der Waals surface area contributed by atoms with Gasteiger partial charge >= 0.3 is 0 Å². The maximum Gasteiger partial charge on any atom is 0.269 e. The molecule has 2 aromatic carbocycles. The van der Waals surface area contributed by atoms with Gasteiger partial charge in [0.2, 0.25) is 0 Å². The Labute approximate surface area is 167 Å². The molecule has 0 fully saturated rings. The number of anilines is 1.